The van der Waals surface area contributed by atoms with Gasteiger partial charge in [-0.15, -0.1) is 0 Å². The number of nitrogens with one attached hydrogen (secondary N) is 2. The summed E-state index contributed by atoms with van der Waals surface area (Å²) in [7, 11) is -0.620. The van der Waals surface area contributed by atoms with E-state index in [2.05, 4.69) is 10.6 Å². The molecule has 1 aliphatic heterocycles. The highest BCUT2D eigenvalue weighted by molar-refractivity contribution is 7.86. The summed E-state index contributed by atoms with van der Waals surface area (Å²) in [6.45, 7) is 2.26. The molecule has 1 saturated heterocycles. The van der Waals surface area contributed by atoms with Crippen LogP contribution in [0.3, 0.4) is 0 Å². The van der Waals surface area contributed by atoms with Crippen molar-refractivity contribution in [2.75, 3.05) is 46.8 Å². The number of nitrogens with zero attached hydrogens (tertiary/aromatic N) is 2. The number of carbonyl (C=O) groups excluding carboxylic acids is 1. The van der Waals surface area contributed by atoms with Gasteiger partial charge in [0, 0.05) is 33.7 Å². The summed E-state index contributed by atoms with van der Waals surface area (Å²) in [6.07, 6.45) is 0.785. The summed E-state index contributed by atoms with van der Waals surface area (Å²) in [5.41, 5.74) is 0. The predicted molar refractivity (Wildman–Crippen MR) is 64.7 cm³/mol. The quantitative estimate of drug-likeness (QED) is 0.628. The summed E-state index contributed by atoms with van der Waals surface area (Å²) >= 11 is 0. The van der Waals surface area contributed by atoms with Crippen LogP contribution in [0, 0.1) is 0 Å². The number of rotatable bonds is 4. The molecule has 17 heavy (non-hydrogen) atoms. The van der Waals surface area contributed by atoms with E-state index >= 15 is 0 Å². The van der Waals surface area contributed by atoms with Crippen LogP contribution < -0.4 is 10.6 Å². The zero-order chi connectivity index (χ0) is 12.9. The molecule has 0 bridgehead atoms. The van der Waals surface area contributed by atoms with E-state index < -0.39 is 10.2 Å². The molecule has 0 radical (unpaired) electrons. The molecule has 1 fully saturated rings. The van der Waals surface area contributed by atoms with Crippen molar-refractivity contribution in [2.45, 2.75) is 6.42 Å². The van der Waals surface area contributed by atoms with E-state index in [0.29, 0.717) is 19.6 Å². The Balaban J connectivity index is 2.67. The first-order valence-corrected chi connectivity index (χ1v) is 7.01. The standard InChI is InChI=1S/C9H20N4O3S/c1-10-9(14)8-12(2)17(15,16)13-6-3-4-11-5-7-13/h11H,3-8H2,1-2H3,(H,10,14). The van der Waals surface area contributed by atoms with E-state index in [1.165, 1.54) is 18.4 Å². The zero-order valence-corrected chi connectivity index (χ0v) is 11.1. The predicted octanol–water partition coefficient (Wildman–Crippen LogP) is -1.80. The van der Waals surface area contributed by atoms with Gasteiger partial charge in [-0.25, -0.2) is 0 Å². The molecule has 100 valence electrons. The first-order chi connectivity index (χ1) is 7.98. The minimum Gasteiger partial charge on any atom is -0.358 e. The van der Waals surface area contributed by atoms with Crippen molar-refractivity contribution in [3.63, 3.8) is 0 Å². The molecular weight excluding hydrogens is 244 g/mol. The summed E-state index contributed by atoms with van der Waals surface area (Å²) in [4.78, 5) is 11.2. The van der Waals surface area contributed by atoms with Crippen LogP contribution >= 0.6 is 0 Å². The highest BCUT2D eigenvalue weighted by Gasteiger charge is 2.28. The molecule has 0 aromatic carbocycles. The first kappa shape index (κ1) is 14.4. The van der Waals surface area contributed by atoms with E-state index in [9.17, 15) is 13.2 Å². The Bertz CT molecular complexity index is 349. The van der Waals surface area contributed by atoms with Crippen LogP contribution in [0.5, 0.6) is 0 Å². The molecule has 8 heteroatoms. The molecule has 0 aliphatic carbocycles. The van der Waals surface area contributed by atoms with Gasteiger partial charge in [0.25, 0.3) is 10.2 Å². The number of hydrogen-bond donors (Lipinski definition) is 2. The van der Waals surface area contributed by atoms with Gasteiger partial charge in [-0.3, -0.25) is 4.79 Å². The summed E-state index contributed by atoms with van der Waals surface area (Å²) in [6, 6.07) is 0. The van der Waals surface area contributed by atoms with Crippen molar-refractivity contribution in [1.29, 1.82) is 0 Å². The van der Waals surface area contributed by atoms with Crippen LogP contribution in [-0.2, 0) is 15.0 Å². The molecule has 1 heterocycles. The maximum absolute atomic E-state index is 12.1. The number of carbonyl (C=O) groups is 1. The van der Waals surface area contributed by atoms with Crippen molar-refractivity contribution in [3.8, 4) is 0 Å². The van der Waals surface area contributed by atoms with Crippen LogP contribution in [-0.4, -0.2) is 69.8 Å². The lowest BCUT2D eigenvalue weighted by molar-refractivity contribution is -0.120. The Kier molecular flexibility index (Phi) is 5.31. The molecule has 0 unspecified atom stereocenters. The zero-order valence-electron chi connectivity index (χ0n) is 10.3. The lowest BCUT2D eigenvalue weighted by Gasteiger charge is -2.25. The topological polar surface area (TPSA) is 81.8 Å². The van der Waals surface area contributed by atoms with E-state index in [1.54, 1.807) is 0 Å². The molecular formula is C9H20N4O3S. The van der Waals surface area contributed by atoms with E-state index in [-0.39, 0.29) is 12.5 Å². The lowest BCUT2D eigenvalue weighted by atomic mass is 10.4. The fourth-order valence-electron chi connectivity index (χ4n) is 1.61. The third-order valence-electron chi connectivity index (χ3n) is 2.66. The maximum atomic E-state index is 12.1. The van der Waals surface area contributed by atoms with Crippen molar-refractivity contribution in [3.05, 3.63) is 0 Å². The van der Waals surface area contributed by atoms with Crippen molar-refractivity contribution in [2.24, 2.45) is 0 Å². The van der Waals surface area contributed by atoms with Crippen molar-refractivity contribution in [1.82, 2.24) is 19.2 Å². The molecule has 0 atom stereocenters. The molecule has 1 amide bonds. The fourth-order valence-corrected chi connectivity index (χ4v) is 2.97. The van der Waals surface area contributed by atoms with Gasteiger partial charge < -0.3 is 10.6 Å². The lowest BCUT2D eigenvalue weighted by Crippen LogP contribution is -2.46. The Morgan fingerprint density at radius 1 is 1.41 bits per heavy atom. The second-order valence-electron chi connectivity index (χ2n) is 3.94. The smallest absolute Gasteiger partial charge is 0.282 e. The van der Waals surface area contributed by atoms with Crippen molar-refractivity contribution >= 4 is 16.1 Å². The first-order valence-electron chi connectivity index (χ1n) is 5.61. The third kappa shape index (κ3) is 3.91. The number of amides is 1. The van der Waals surface area contributed by atoms with Crippen LogP contribution in [0.1, 0.15) is 6.42 Å². The summed E-state index contributed by atoms with van der Waals surface area (Å²) < 4.78 is 26.8. The molecule has 1 rings (SSSR count). The highest BCUT2D eigenvalue weighted by atomic mass is 32.2. The SMILES string of the molecule is CNC(=O)CN(C)S(=O)(=O)N1CCCNCC1. The second kappa shape index (κ2) is 6.29. The number of likely N-dealkylation sites (N-methyl/N-ethyl adjacent to an activating group) is 2. The van der Waals surface area contributed by atoms with Gasteiger partial charge in [0.1, 0.15) is 0 Å². The van der Waals surface area contributed by atoms with Gasteiger partial charge in [-0.05, 0) is 13.0 Å². The molecule has 7 nitrogen and oxygen atoms in total. The van der Waals surface area contributed by atoms with Crippen LogP contribution in [0.2, 0.25) is 0 Å². The Morgan fingerprint density at radius 3 is 2.76 bits per heavy atom. The normalized spacial score (nSPS) is 19.0. The summed E-state index contributed by atoms with van der Waals surface area (Å²) in [5.74, 6) is -0.316. The molecule has 2 N–H and O–H groups in total. The van der Waals surface area contributed by atoms with Gasteiger partial charge in [0.2, 0.25) is 5.91 Å². The van der Waals surface area contributed by atoms with Gasteiger partial charge in [-0.2, -0.15) is 17.0 Å². The fraction of sp³-hybridized carbons (Fsp3) is 0.889. The molecule has 0 spiro atoms. The van der Waals surface area contributed by atoms with Crippen molar-refractivity contribution < 1.29 is 13.2 Å². The van der Waals surface area contributed by atoms with Crippen LogP contribution in [0.4, 0.5) is 0 Å². The van der Waals surface area contributed by atoms with E-state index in [1.807, 2.05) is 0 Å². The minimum absolute atomic E-state index is 0.150. The van der Waals surface area contributed by atoms with Crippen LogP contribution in [0.25, 0.3) is 0 Å². The average Bonchev–Trinajstić information content (AvgIpc) is 2.57. The number of hydrogen-bond acceptors (Lipinski definition) is 4. The van der Waals surface area contributed by atoms with Crippen LogP contribution in [0.15, 0.2) is 0 Å². The Hall–Kier alpha value is -0.700. The minimum atomic E-state index is -3.52. The largest absolute Gasteiger partial charge is 0.358 e. The molecule has 0 aromatic rings. The van der Waals surface area contributed by atoms with E-state index in [0.717, 1.165) is 17.3 Å². The molecule has 0 saturated carbocycles. The van der Waals surface area contributed by atoms with Gasteiger partial charge in [0.05, 0.1) is 6.54 Å². The molecule has 1 aliphatic rings. The Labute approximate surface area is 102 Å². The third-order valence-corrected chi connectivity index (χ3v) is 4.60. The monoisotopic (exact) mass is 264 g/mol. The summed E-state index contributed by atoms with van der Waals surface area (Å²) in [5, 5.41) is 5.54. The highest BCUT2D eigenvalue weighted by Crippen LogP contribution is 2.08. The second-order valence-corrected chi connectivity index (χ2v) is 5.98. The van der Waals surface area contributed by atoms with E-state index in [4.69, 9.17) is 0 Å². The molecule has 0 aromatic heterocycles. The van der Waals surface area contributed by atoms with Gasteiger partial charge >= 0.3 is 0 Å². The maximum Gasteiger partial charge on any atom is 0.282 e. The Morgan fingerprint density at radius 2 is 2.12 bits per heavy atom. The average molecular weight is 264 g/mol. The van der Waals surface area contributed by atoms with Gasteiger partial charge in [-0.1, -0.05) is 0 Å². The van der Waals surface area contributed by atoms with Gasteiger partial charge in [0.15, 0.2) is 0 Å².